The number of likely N-dealkylation sites (N-methyl/N-ethyl adjacent to an activating group) is 1. The van der Waals surface area contributed by atoms with E-state index in [-0.39, 0.29) is 30.9 Å². The van der Waals surface area contributed by atoms with Crippen LogP contribution in [-0.4, -0.2) is 66.1 Å². The molecule has 0 radical (unpaired) electrons. The van der Waals surface area contributed by atoms with Crippen molar-refractivity contribution < 1.29 is 14.7 Å². The highest BCUT2D eigenvalue weighted by atomic mass is 35.5. The van der Waals surface area contributed by atoms with Gasteiger partial charge < -0.3 is 10.4 Å². The number of benzene rings is 1. The van der Waals surface area contributed by atoms with Crippen molar-refractivity contribution in [1.82, 2.24) is 9.80 Å². The van der Waals surface area contributed by atoms with Crippen LogP contribution in [0.4, 0.5) is 5.69 Å². The number of carboxylic acids is 1. The molecule has 2 rings (SSSR count). The van der Waals surface area contributed by atoms with Gasteiger partial charge in [0.2, 0.25) is 5.91 Å². The number of hydrogen-bond acceptors (Lipinski definition) is 4. The van der Waals surface area contributed by atoms with E-state index in [1.165, 1.54) is 0 Å². The molecule has 24 heavy (non-hydrogen) atoms. The summed E-state index contributed by atoms with van der Waals surface area (Å²) in [5, 5.41) is 12.3. The minimum absolute atomic E-state index is 0. The van der Waals surface area contributed by atoms with Gasteiger partial charge in [-0.25, -0.2) is 0 Å². The van der Waals surface area contributed by atoms with Gasteiger partial charge in [-0.05, 0) is 38.1 Å². The normalized spacial score (nSPS) is 15.8. The minimum atomic E-state index is -0.809. The van der Waals surface area contributed by atoms with Crippen LogP contribution < -0.4 is 5.32 Å². The van der Waals surface area contributed by atoms with Crippen molar-refractivity contribution in [3.63, 3.8) is 0 Å². The number of nitrogens with one attached hydrogen (secondary N) is 1. The van der Waals surface area contributed by atoms with Crippen molar-refractivity contribution in [1.29, 1.82) is 0 Å². The number of likely N-dealkylation sites (tertiary alicyclic amines) is 1. The monoisotopic (exact) mass is 375 g/mol. The molecule has 1 saturated heterocycles. The number of carbonyl (C=O) groups is 2. The van der Waals surface area contributed by atoms with Gasteiger partial charge in [0, 0.05) is 29.8 Å². The zero-order valence-electron chi connectivity index (χ0n) is 13.6. The van der Waals surface area contributed by atoms with E-state index in [4.69, 9.17) is 16.7 Å². The Hall–Kier alpha value is -1.34. The molecule has 1 aromatic rings. The molecule has 0 bridgehead atoms. The molecule has 2 N–H and O–H groups in total. The second-order valence-electron chi connectivity index (χ2n) is 5.87. The lowest BCUT2D eigenvalue weighted by atomic mass is 10.0. The van der Waals surface area contributed by atoms with Crippen molar-refractivity contribution in [3.05, 3.63) is 29.3 Å². The molecule has 0 saturated carbocycles. The number of amides is 1. The van der Waals surface area contributed by atoms with Crippen LogP contribution in [0, 0.1) is 0 Å². The van der Waals surface area contributed by atoms with E-state index in [0.717, 1.165) is 25.9 Å². The SMILES string of the molecule is CN(CC(=O)O)C1CCN(CC(=O)Nc2cccc(Cl)c2)CC1.Cl. The number of nitrogens with zero attached hydrogens (tertiary/aromatic N) is 2. The molecule has 1 heterocycles. The van der Waals surface area contributed by atoms with E-state index >= 15 is 0 Å². The number of carboxylic acid groups (broad SMARTS) is 1. The number of carbonyl (C=O) groups excluding carboxylic acids is 1. The largest absolute Gasteiger partial charge is 0.480 e. The van der Waals surface area contributed by atoms with E-state index < -0.39 is 5.97 Å². The number of halogens is 2. The van der Waals surface area contributed by atoms with Crippen molar-refractivity contribution in [2.24, 2.45) is 0 Å². The lowest BCUT2D eigenvalue weighted by Crippen LogP contribution is -2.46. The first-order chi connectivity index (χ1) is 10.9. The number of rotatable bonds is 6. The molecule has 0 aliphatic carbocycles. The van der Waals surface area contributed by atoms with Crippen LogP contribution in [-0.2, 0) is 9.59 Å². The van der Waals surface area contributed by atoms with Crippen molar-refractivity contribution >= 4 is 41.6 Å². The van der Waals surface area contributed by atoms with Gasteiger partial charge in [0.05, 0.1) is 13.1 Å². The van der Waals surface area contributed by atoms with E-state index in [1.807, 2.05) is 11.9 Å². The van der Waals surface area contributed by atoms with Crippen LogP contribution >= 0.6 is 24.0 Å². The lowest BCUT2D eigenvalue weighted by molar-refractivity contribution is -0.138. The van der Waals surface area contributed by atoms with Crippen LogP contribution in [0.3, 0.4) is 0 Å². The van der Waals surface area contributed by atoms with E-state index in [2.05, 4.69) is 10.2 Å². The molecule has 6 nitrogen and oxygen atoms in total. The van der Waals surface area contributed by atoms with Crippen LogP contribution in [0.1, 0.15) is 12.8 Å². The minimum Gasteiger partial charge on any atom is -0.480 e. The highest BCUT2D eigenvalue weighted by Gasteiger charge is 2.24. The predicted molar refractivity (Wildman–Crippen MR) is 97.1 cm³/mol. The van der Waals surface area contributed by atoms with Crippen molar-refractivity contribution in [3.8, 4) is 0 Å². The van der Waals surface area contributed by atoms with Crippen LogP contribution in [0.15, 0.2) is 24.3 Å². The summed E-state index contributed by atoms with van der Waals surface area (Å²) in [6, 6.07) is 7.33. The number of aliphatic carboxylic acids is 1. The molecule has 1 aromatic carbocycles. The van der Waals surface area contributed by atoms with Gasteiger partial charge in [0.1, 0.15) is 0 Å². The molecule has 0 spiro atoms. The Morgan fingerprint density at radius 3 is 2.62 bits per heavy atom. The Morgan fingerprint density at radius 1 is 1.38 bits per heavy atom. The molecule has 1 aliphatic rings. The number of hydrogen-bond donors (Lipinski definition) is 2. The molecular formula is C16H23Cl2N3O3. The van der Waals surface area contributed by atoms with E-state index in [9.17, 15) is 9.59 Å². The van der Waals surface area contributed by atoms with Crippen LogP contribution in [0.2, 0.25) is 5.02 Å². The summed E-state index contributed by atoms with van der Waals surface area (Å²) in [6.07, 6.45) is 1.74. The van der Waals surface area contributed by atoms with Gasteiger partial charge in [-0.2, -0.15) is 0 Å². The van der Waals surface area contributed by atoms with E-state index in [1.54, 1.807) is 24.3 Å². The van der Waals surface area contributed by atoms with Gasteiger partial charge in [-0.3, -0.25) is 19.4 Å². The first kappa shape index (κ1) is 20.7. The molecule has 1 amide bonds. The second kappa shape index (κ2) is 9.84. The molecular weight excluding hydrogens is 353 g/mol. The maximum atomic E-state index is 12.1. The fourth-order valence-electron chi connectivity index (χ4n) is 2.83. The Morgan fingerprint density at radius 2 is 2.04 bits per heavy atom. The highest BCUT2D eigenvalue weighted by molar-refractivity contribution is 6.30. The molecule has 1 fully saturated rings. The number of anilines is 1. The summed E-state index contributed by atoms with van der Waals surface area (Å²) in [5.41, 5.74) is 0.693. The average Bonchev–Trinajstić information content (AvgIpc) is 2.47. The molecule has 0 unspecified atom stereocenters. The Bertz CT molecular complexity index is 563. The third-order valence-electron chi connectivity index (χ3n) is 4.04. The Balaban J connectivity index is 0.00000288. The molecule has 8 heteroatoms. The van der Waals surface area contributed by atoms with E-state index in [0.29, 0.717) is 17.3 Å². The van der Waals surface area contributed by atoms with Gasteiger partial charge in [0.25, 0.3) is 0 Å². The fraction of sp³-hybridized carbons (Fsp3) is 0.500. The molecule has 0 aromatic heterocycles. The first-order valence-corrected chi connectivity index (χ1v) is 8.01. The van der Waals surface area contributed by atoms with Gasteiger partial charge in [-0.1, -0.05) is 17.7 Å². The third-order valence-corrected chi connectivity index (χ3v) is 4.28. The van der Waals surface area contributed by atoms with Gasteiger partial charge in [0.15, 0.2) is 0 Å². The summed E-state index contributed by atoms with van der Waals surface area (Å²) in [7, 11) is 1.83. The maximum Gasteiger partial charge on any atom is 0.317 e. The summed E-state index contributed by atoms with van der Waals surface area (Å²) in [4.78, 5) is 26.8. The summed E-state index contributed by atoms with van der Waals surface area (Å²) in [5.74, 6) is -0.875. The summed E-state index contributed by atoms with van der Waals surface area (Å²) in [6.45, 7) is 1.97. The zero-order valence-corrected chi connectivity index (χ0v) is 15.1. The van der Waals surface area contributed by atoms with Crippen molar-refractivity contribution in [2.75, 3.05) is 38.5 Å². The lowest BCUT2D eigenvalue weighted by Gasteiger charge is -2.35. The quantitative estimate of drug-likeness (QED) is 0.796. The smallest absolute Gasteiger partial charge is 0.317 e. The molecule has 1 aliphatic heterocycles. The summed E-state index contributed by atoms with van der Waals surface area (Å²) < 4.78 is 0. The molecule has 134 valence electrons. The van der Waals surface area contributed by atoms with Gasteiger partial charge in [-0.15, -0.1) is 12.4 Å². The number of piperidine rings is 1. The Kier molecular flexibility index (Phi) is 8.48. The standard InChI is InChI=1S/C16H22ClN3O3.ClH/c1-19(11-16(22)23)14-5-7-20(8-6-14)10-15(21)18-13-4-2-3-12(17)9-13;/h2-4,9,14H,5-8,10-11H2,1H3,(H,18,21)(H,22,23);1H. The summed E-state index contributed by atoms with van der Waals surface area (Å²) >= 11 is 5.89. The van der Waals surface area contributed by atoms with Crippen LogP contribution in [0.25, 0.3) is 0 Å². The fourth-order valence-corrected chi connectivity index (χ4v) is 3.02. The van der Waals surface area contributed by atoms with Crippen molar-refractivity contribution in [2.45, 2.75) is 18.9 Å². The highest BCUT2D eigenvalue weighted by Crippen LogP contribution is 2.17. The third kappa shape index (κ3) is 6.65. The van der Waals surface area contributed by atoms with Gasteiger partial charge >= 0.3 is 5.97 Å². The topological polar surface area (TPSA) is 72.9 Å². The first-order valence-electron chi connectivity index (χ1n) is 7.64. The van der Waals surface area contributed by atoms with Crippen LogP contribution in [0.5, 0.6) is 0 Å². The predicted octanol–water partition coefficient (Wildman–Crippen LogP) is 2.18. The average molecular weight is 376 g/mol. The maximum absolute atomic E-state index is 12.1. The Labute approximate surface area is 153 Å². The molecule has 0 atom stereocenters. The zero-order chi connectivity index (χ0) is 16.8. The second-order valence-corrected chi connectivity index (χ2v) is 6.31.